The number of aromatic nitrogens is 5. The van der Waals surface area contributed by atoms with E-state index in [0.717, 1.165) is 31.3 Å². The summed E-state index contributed by atoms with van der Waals surface area (Å²) in [5.74, 6) is 1.89. The van der Waals surface area contributed by atoms with Gasteiger partial charge in [0.1, 0.15) is 11.6 Å². The van der Waals surface area contributed by atoms with Gasteiger partial charge in [0.05, 0.1) is 13.1 Å². The summed E-state index contributed by atoms with van der Waals surface area (Å²) < 4.78 is 4.07. The lowest BCUT2D eigenvalue weighted by Gasteiger charge is -2.35. The average Bonchev–Trinajstić information content (AvgIpc) is 3.08. The third-order valence-corrected chi connectivity index (χ3v) is 4.27. The van der Waals surface area contributed by atoms with E-state index in [0.29, 0.717) is 6.04 Å². The Morgan fingerprint density at radius 1 is 1.24 bits per heavy atom. The number of hydrogen-bond acceptors (Lipinski definition) is 4. The summed E-state index contributed by atoms with van der Waals surface area (Å²) in [6.45, 7) is 8.14. The number of piperidine rings is 1. The first-order chi connectivity index (χ1) is 10.2. The van der Waals surface area contributed by atoms with Crippen molar-refractivity contribution in [2.75, 3.05) is 13.1 Å². The van der Waals surface area contributed by atoms with Crippen LogP contribution in [0.2, 0.25) is 0 Å². The summed E-state index contributed by atoms with van der Waals surface area (Å²) in [7, 11) is 0. The molecule has 0 aliphatic carbocycles. The molecular formula is C15H24N6. The van der Waals surface area contributed by atoms with Gasteiger partial charge in [-0.1, -0.05) is 6.42 Å². The smallest absolute Gasteiger partial charge is 0.147 e. The van der Waals surface area contributed by atoms with E-state index < -0.39 is 0 Å². The molecule has 3 rings (SSSR count). The van der Waals surface area contributed by atoms with Crippen LogP contribution >= 0.6 is 0 Å². The Bertz CT molecular complexity index is 559. The van der Waals surface area contributed by atoms with Crippen molar-refractivity contribution in [1.82, 2.24) is 29.4 Å². The summed E-state index contributed by atoms with van der Waals surface area (Å²) in [4.78, 5) is 6.99. The molecule has 0 radical (unpaired) electrons. The van der Waals surface area contributed by atoms with Crippen molar-refractivity contribution in [2.45, 2.75) is 52.2 Å². The van der Waals surface area contributed by atoms with Crippen LogP contribution in [0.15, 0.2) is 18.5 Å². The molecule has 0 bridgehead atoms. The Balaban J connectivity index is 1.62. The van der Waals surface area contributed by atoms with E-state index in [1.807, 2.05) is 37.0 Å². The molecule has 0 aromatic carbocycles. The van der Waals surface area contributed by atoms with Gasteiger partial charge >= 0.3 is 0 Å². The summed E-state index contributed by atoms with van der Waals surface area (Å²) in [5, 5.41) is 8.80. The van der Waals surface area contributed by atoms with Crippen LogP contribution in [0.4, 0.5) is 0 Å². The van der Waals surface area contributed by atoms with Gasteiger partial charge in [-0.3, -0.25) is 9.58 Å². The van der Waals surface area contributed by atoms with Crippen molar-refractivity contribution in [3.05, 3.63) is 30.1 Å². The van der Waals surface area contributed by atoms with Crippen LogP contribution in [-0.4, -0.2) is 48.6 Å². The van der Waals surface area contributed by atoms with Crippen LogP contribution in [0.5, 0.6) is 0 Å². The second-order valence-corrected chi connectivity index (χ2v) is 5.84. The van der Waals surface area contributed by atoms with E-state index in [9.17, 15) is 0 Å². The van der Waals surface area contributed by atoms with E-state index in [1.165, 1.54) is 25.8 Å². The first-order valence-electron chi connectivity index (χ1n) is 7.82. The molecule has 0 unspecified atom stereocenters. The van der Waals surface area contributed by atoms with Crippen LogP contribution in [0, 0.1) is 13.8 Å². The molecule has 1 aliphatic heterocycles. The van der Waals surface area contributed by atoms with E-state index in [-0.39, 0.29) is 0 Å². The quantitative estimate of drug-likeness (QED) is 0.839. The molecule has 6 heteroatoms. The largest absolute Gasteiger partial charge is 0.297 e. The minimum Gasteiger partial charge on any atom is -0.297 e. The highest BCUT2D eigenvalue weighted by Gasteiger charge is 2.23. The van der Waals surface area contributed by atoms with Crippen molar-refractivity contribution in [2.24, 2.45) is 0 Å². The molecule has 0 amide bonds. The van der Waals surface area contributed by atoms with Crippen molar-refractivity contribution < 1.29 is 0 Å². The maximum atomic E-state index is 4.51. The predicted octanol–water partition coefficient (Wildman–Crippen LogP) is 1.65. The highest BCUT2D eigenvalue weighted by molar-refractivity contribution is 4.89. The molecule has 1 atom stereocenters. The second-order valence-electron chi connectivity index (χ2n) is 5.84. The van der Waals surface area contributed by atoms with Gasteiger partial charge in [0.2, 0.25) is 0 Å². The van der Waals surface area contributed by atoms with E-state index in [2.05, 4.69) is 24.8 Å². The third kappa shape index (κ3) is 3.50. The lowest BCUT2D eigenvalue weighted by atomic mass is 10.0. The van der Waals surface area contributed by atoms with E-state index >= 15 is 0 Å². The van der Waals surface area contributed by atoms with Gasteiger partial charge in [-0.15, -0.1) is 0 Å². The van der Waals surface area contributed by atoms with Crippen molar-refractivity contribution >= 4 is 0 Å². The van der Waals surface area contributed by atoms with E-state index in [1.54, 1.807) is 0 Å². The number of rotatable bonds is 5. The van der Waals surface area contributed by atoms with Crippen LogP contribution in [0.1, 0.15) is 30.9 Å². The van der Waals surface area contributed by atoms with Gasteiger partial charge < -0.3 is 0 Å². The Morgan fingerprint density at radius 2 is 2.14 bits per heavy atom. The van der Waals surface area contributed by atoms with Gasteiger partial charge in [-0.05, 0) is 39.3 Å². The van der Waals surface area contributed by atoms with Gasteiger partial charge in [-0.25, -0.2) is 9.67 Å². The molecule has 6 nitrogen and oxygen atoms in total. The predicted molar refractivity (Wildman–Crippen MR) is 80.9 cm³/mol. The van der Waals surface area contributed by atoms with Crippen LogP contribution in [0.25, 0.3) is 0 Å². The van der Waals surface area contributed by atoms with Crippen LogP contribution in [0.3, 0.4) is 0 Å². The topological polar surface area (TPSA) is 51.8 Å². The monoisotopic (exact) mass is 288 g/mol. The number of likely N-dealkylation sites (tertiary alicyclic amines) is 1. The van der Waals surface area contributed by atoms with Crippen molar-refractivity contribution in [1.29, 1.82) is 0 Å². The van der Waals surface area contributed by atoms with E-state index in [4.69, 9.17) is 0 Å². The molecule has 21 heavy (non-hydrogen) atoms. The van der Waals surface area contributed by atoms with Crippen LogP contribution in [-0.2, 0) is 13.1 Å². The fourth-order valence-electron chi connectivity index (χ4n) is 3.16. The molecular weight excluding hydrogens is 264 g/mol. The third-order valence-electron chi connectivity index (χ3n) is 4.27. The fraction of sp³-hybridized carbons (Fsp3) is 0.667. The van der Waals surface area contributed by atoms with Gasteiger partial charge in [0.25, 0.3) is 0 Å². The first-order valence-corrected chi connectivity index (χ1v) is 7.82. The minimum atomic E-state index is 0.564. The zero-order chi connectivity index (χ0) is 14.7. The Morgan fingerprint density at radius 3 is 2.86 bits per heavy atom. The summed E-state index contributed by atoms with van der Waals surface area (Å²) in [6, 6.07) is 2.55. The van der Waals surface area contributed by atoms with Crippen molar-refractivity contribution in [3.8, 4) is 0 Å². The van der Waals surface area contributed by atoms with Crippen LogP contribution < -0.4 is 0 Å². The van der Waals surface area contributed by atoms with Crippen molar-refractivity contribution in [3.63, 3.8) is 0 Å². The zero-order valence-corrected chi connectivity index (χ0v) is 12.9. The average molecular weight is 288 g/mol. The van der Waals surface area contributed by atoms with Gasteiger partial charge in [-0.2, -0.15) is 10.2 Å². The highest BCUT2D eigenvalue weighted by atomic mass is 15.4. The summed E-state index contributed by atoms with van der Waals surface area (Å²) >= 11 is 0. The summed E-state index contributed by atoms with van der Waals surface area (Å²) in [6.07, 6.45) is 7.73. The normalized spacial score (nSPS) is 20.0. The molecule has 3 heterocycles. The second kappa shape index (κ2) is 6.39. The lowest BCUT2D eigenvalue weighted by Crippen LogP contribution is -2.44. The zero-order valence-electron chi connectivity index (χ0n) is 12.9. The molecule has 1 fully saturated rings. The maximum Gasteiger partial charge on any atom is 0.147 e. The summed E-state index contributed by atoms with van der Waals surface area (Å²) in [5.41, 5.74) is 0. The minimum absolute atomic E-state index is 0.564. The Hall–Kier alpha value is -1.69. The highest BCUT2D eigenvalue weighted by Crippen LogP contribution is 2.18. The fourth-order valence-corrected chi connectivity index (χ4v) is 3.16. The Kier molecular flexibility index (Phi) is 4.34. The van der Waals surface area contributed by atoms with Gasteiger partial charge in [0.15, 0.2) is 0 Å². The molecule has 0 N–H and O–H groups in total. The lowest BCUT2D eigenvalue weighted by molar-refractivity contribution is 0.123. The molecule has 2 aromatic rings. The SMILES string of the molecule is Cc1nc(C)n(C[C@H]2CCCCN2CCn2cccn2)n1. The molecule has 0 saturated carbocycles. The molecule has 2 aromatic heterocycles. The molecule has 1 aliphatic rings. The maximum absolute atomic E-state index is 4.51. The molecule has 0 spiro atoms. The number of aryl methyl sites for hydroxylation is 2. The molecule has 1 saturated heterocycles. The standard InChI is InChI=1S/C15H24N6/c1-13-17-14(2)21(18-13)12-15-6-3-4-8-19(15)10-11-20-9-5-7-16-20/h5,7,9,15H,3-4,6,8,10-12H2,1-2H3/t15-/m1/s1. The number of hydrogen-bond donors (Lipinski definition) is 0. The number of nitrogens with zero attached hydrogens (tertiary/aromatic N) is 6. The molecule has 114 valence electrons. The Labute approximate surface area is 125 Å². The van der Waals surface area contributed by atoms with Gasteiger partial charge in [0, 0.05) is 25.0 Å². The first kappa shape index (κ1) is 14.3.